The van der Waals surface area contributed by atoms with E-state index in [0.29, 0.717) is 12.0 Å². The summed E-state index contributed by atoms with van der Waals surface area (Å²) in [5.74, 6) is 0.221. The molecule has 1 fully saturated rings. The molecule has 1 saturated heterocycles. The molecule has 1 N–H and O–H groups in total. The average Bonchev–Trinajstić information content (AvgIpc) is 2.81. The standard InChI is InChI=1S/C18H22BN3O4/c1-17(2)18(3,4)26-19(25-17)14-10-15(22(23)24)16(21-12-14)20-11-13-8-6-5-7-9-13/h5-10,12H,11H2,1-4H3,(H,20,21). The molecule has 0 bridgehead atoms. The van der Waals surface area contributed by atoms with E-state index in [0.717, 1.165) is 5.56 Å². The van der Waals surface area contributed by atoms with Crippen LogP contribution in [0.2, 0.25) is 0 Å². The number of rotatable bonds is 5. The van der Waals surface area contributed by atoms with Gasteiger partial charge in [-0.25, -0.2) is 4.98 Å². The van der Waals surface area contributed by atoms with Crippen molar-refractivity contribution >= 4 is 24.1 Å². The van der Waals surface area contributed by atoms with Gasteiger partial charge in [0.15, 0.2) is 0 Å². The second-order valence-electron chi connectivity index (χ2n) is 7.32. The first-order chi connectivity index (χ1) is 12.2. The summed E-state index contributed by atoms with van der Waals surface area (Å²) < 4.78 is 11.9. The fourth-order valence-corrected chi connectivity index (χ4v) is 2.63. The molecule has 0 unspecified atom stereocenters. The van der Waals surface area contributed by atoms with E-state index in [9.17, 15) is 10.1 Å². The van der Waals surface area contributed by atoms with E-state index in [2.05, 4.69) is 10.3 Å². The number of pyridine rings is 1. The average molecular weight is 355 g/mol. The van der Waals surface area contributed by atoms with E-state index in [1.807, 2.05) is 58.0 Å². The quantitative estimate of drug-likeness (QED) is 0.504. The normalized spacial score (nSPS) is 17.9. The van der Waals surface area contributed by atoms with Crippen LogP contribution in [0.4, 0.5) is 11.5 Å². The molecular formula is C18H22BN3O4. The minimum absolute atomic E-state index is 0.104. The van der Waals surface area contributed by atoms with E-state index >= 15 is 0 Å². The lowest BCUT2D eigenvalue weighted by atomic mass is 9.80. The van der Waals surface area contributed by atoms with Gasteiger partial charge in [-0.3, -0.25) is 10.1 Å². The third kappa shape index (κ3) is 3.56. The molecule has 136 valence electrons. The summed E-state index contributed by atoms with van der Waals surface area (Å²) in [4.78, 5) is 15.3. The Morgan fingerprint density at radius 3 is 2.35 bits per heavy atom. The van der Waals surface area contributed by atoms with Crippen molar-refractivity contribution in [3.63, 3.8) is 0 Å². The highest BCUT2D eigenvalue weighted by molar-refractivity contribution is 6.62. The largest absolute Gasteiger partial charge is 0.496 e. The first-order valence-electron chi connectivity index (χ1n) is 8.47. The summed E-state index contributed by atoms with van der Waals surface area (Å²) in [6, 6.07) is 11.1. The van der Waals surface area contributed by atoms with E-state index in [1.165, 1.54) is 6.07 Å². The minimum Gasteiger partial charge on any atom is -0.399 e. The maximum atomic E-state index is 11.5. The Morgan fingerprint density at radius 1 is 1.15 bits per heavy atom. The number of hydrogen-bond acceptors (Lipinski definition) is 6. The number of nitrogens with one attached hydrogen (secondary N) is 1. The smallest absolute Gasteiger partial charge is 0.399 e. The Balaban J connectivity index is 1.82. The van der Waals surface area contributed by atoms with E-state index < -0.39 is 23.2 Å². The highest BCUT2D eigenvalue weighted by Gasteiger charge is 2.52. The van der Waals surface area contributed by atoms with Gasteiger partial charge in [0.25, 0.3) is 0 Å². The monoisotopic (exact) mass is 355 g/mol. The number of nitrogens with zero attached hydrogens (tertiary/aromatic N) is 2. The molecule has 1 aromatic carbocycles. The molecule has 3 rings (SSSR count). The maximum Gasteiger partial charge on any atom is 0.496 e. The van der Waals surface area contributed by atoms with Crippen LogP contribution in [-0.4, -0.2) is 28.2 Å². The Hall–Kier alpha value is -2.45. The van der Waals surface area contributed by atoms with Crippen molar-refractivity contribution in [3.05, 3.63) is 58.3 Å². The zero-order chi connectivity index (χ0) is 18.9. The van der Waals surface area contributed by atoms with Crippen molar-refractivity contribution in [2.45, 2.75) is 45.4 Å². The van der Waals surface area contributed by atoms with Crippen LogP contribution in [0.3, 0.4) is 0 Å². The second-order valence-corrected chi connectivity index (χ2v) is 7.32. The van der Waals surface area contributed by atoms with E-state index in [1.54, 1.807) is 6.20 Å². The van der Waals surface area contributed by atoms with Gasteiger partial charge in [0.05, 0.1) is 16.1 Å². The molecule has 0 radical (unpaired) electrons. The second kappa shape index (κ2) is 6.70. The number of nitro groups is 1. The highest BCUT2D eigenvalue weighted by Crippen LogP contribution is 2.36. The van der Waals surface area contributed by atoms with Crippen LogP contribution in [-0.2, 0) is 15.9 Å². The Kier molecular flexibility index (Phi) is 4.73. The number of hydrogen-bond donors (Lipinski definition) is 1. The van der Waals surface area contributed by atoms with Gasteiger partial charge in [0.2, 0.25) is 5.82 Å². The lowest BCUT2D eigenvalue weighted by Gasteiger charge is -2.32. The number of anilines is 1. The molecule has 8 heteroatoms. The topological polar surface area (TPSA) is 86.5 Å². The van der Waals surface area contributed by atoms with E-state index in [-0.39, 0.29) is 11.5 Å². The summed E-state index contributed by atoms with van der Waals surface area (Å²) in [7, 11) is -0.686. The fourth-order valence-electron chi connectivity index (χ4n) is 2.63. The van der Waals surface area contributed by atoms with Crippen LogP contribution < -0.4 is 10.8 Å². The molecule has 0 spiro atoms. The predicted octanol–water partition coefficient (Wildman–Crippen LogP) is 2.90. The van der Waals surface area contributed by atoms with Gasteiger partial charge in [-0.15, -0.1) is 0 Å². The van der Waals surface area contributed by atoms with Crippen molar-refractivity contribution in [1.29, 1.82) is 0 Å². The van der Waals surface area contributed by atoms with Crippen molar-refractivity contribution < 1.29 is 14.2 Å². The first kappa shape index (κ1) is 18.3. The molecular weight excluding hydrogens is 333 g/mol. The van der Waals surface area contributed by atoms with Crippen LogP contribution in [0.1, 0.15) is 33.3 Å². The fraction of sp³-hybridized carbons (Fsp3) is 0.389. The SMILES string of the molecule is CC1(C)OB(c2cnc(NCc3ccccc3)c([N+](=O)[O-])c2)OC1(C)C. The summed E-state index contributed by atoms with van der Waals surface area (Å²) in [5, 5.41) is 14.5. The van der Waals surface area contributed by atoms with Gasteiger partial charge in [-0.05, 0) is 33.3 Å². The first-order valence-corrected chi connectivity index (χ1v) is 8.47. The van der Waals surface area contributed by atoms with Crippen LogP contribution in [0.15, 0.2) is 42.6 Å². The van der Waals surface area contributed by atoms with Gasteiger partial charge in [-0.1, -0.05) is 30.3 Å². The number of benzene rings is 1. The maximum absolute atomic E-state index is 11.5. The Bertz CT molecular complexity index is 795. The Morgan fingerprint density at radius 2 is 1.77 bits per heavy atom. The van der Waals surface area contributed by atoms with Gasteiger partial charge >= 0.3 is 12.8 Å². The zero-order valence-electron chi connectivity index (χ0n) is 15.4. The molecule has 26 heavy (non-hydrogen) atoms. The molecule has 0 atom stereocenters. The lowest BCUT2D eigenvalue weighted by Crippen LogP contribution is -2.41. The van der Waals surface area contributed by atoms with Crippen molar-refractivity contribution in [2.24, 2.45) is 0 Å². The Labute approximate surface area is 153 Å². The summed E-state index contributed by atoms with van der Waals surface area (Å²) in [6.45, 7) is 8.19. The summed E-state index contributed by atoms with van der Waals surface area (Å²) in [5.41, 5.74) is 0.403. The lowest BCUT2D eigenvalue weighted by molar-refractivity contribution is -0.384. The van der Waals surface area contributed by atoms with Crippen LogP contribution >= 0.6 is 0 Å². The van der Waals surface area contributed by atoms with Gasteiger partial charge < -0.3 is 14.6 Å². The minimum atomic E-state index is -0.686. The van der Waals surface area contributed by atoms with Crippen molar-refractivity contribution in [2.75, 3.05) is 5.32 Å². The zero-order valence-corrected chi connectivity index (χ0v) is 15.4. The summed E-state index contributed by atoms with van der Waals surface area (Å²) >= 11 is 0. The van der Waals surface area contributed by atoms with E-state index in [4.69, 9.17) is 9.31 Å². The third-order valence-corrected chi connectivity index (χ3v) is 4.91. The van der Waals surface area contributed by atoms with Gasteiger partial charge in [-0.2, -0.15) is 0 Å². The number of aromatic nitrogens is 1. The van der Waals surface area contributed by atoms with Crippen LogP contribution in [0, 0.1) is 10.1 Å². The molecule has 2 heterocycles. The molecule has 2 aromatic rings. The third-order valence-electron chi connectivity index (χ3n) is 4.91. The van der Waals surface area contributed by atoms with Crippen LogP contribution in [0.25, 0.3) is 0 Å². The molecule has 0 saturated carbocycles. The highest BCUT2D eigenvalue weighted by atomic mass is 16.7. The predicted molar refractivity (Wildman–Crippen MR) is 100 cm³/mol. The van der Waals surface area contributed by atoms with Crippen molar-refractivity contribution in [3.8, 4) is 0 Å². The van der Waals surface area contributed by atoms with Crippen molar-refractivity contribution in [1.82, 2.24) is 4.98 Å². The molecule has 1 aliphatic rings. The molecule has 0 amide bonds. The molecule has 0 aliphatic carbocycles. The summed E-state index contributed by atoms with van der Waals surface area (Å²) in [6.07, 6.45) is 1.56. The van der Waals surface area contributed by atoms with Gasteiger partial charge in [0.1, 0.15) is 0 Å². The molecule has 1 aliphatic heterocycles. The molecule has 7 nitrogen and oxygen atoms in total. The molecule has 1 aromatic heterocycles. The van der Waals surface area contributed by atoms with Gasteiger partial charge in [0, 0.05) is 24.3 Å². The van der Waals surface area contributed by atoms with Crippen LogP contribution in [0.5, 0.6) is 0 Å².